The quantitative estimate of drug-likeness (QED) is 0.592. The molecule has 0 aliphatic carbocycles. The second kappa shape index (κ2) is 8.39. The van der Waals surface area contributed by atoms with E-state index < -0.39 is 4.92 Å². The number of nitro benzene ring substituents is 1. The maximum Gasteiger partial charge on any atom is 0.315 e. The lowest BCUT2D eigenvalue weighted by Crippen LogP contribution is -2.38. The molecule has 7 nitrogen and oxygen atoms in total. The molecule has 0 saturated heterocycles. The summed E-state index contributed by atoms with van der Waals surface area (Å²) in [5.74, 6) is 0. The molecule has 2 aromatic rings. The van der Waals surface area contributed by atoms with Crippen LogP contribution in [0.25, 0.3) is 0 Å². The van der Waals surface area contributed by atoms with Crippen molar-refractivity contribution in [2.75, 3.05) is 6.54 Å². The van der Waals surface area contributed by atoms with Crippen molar-refractivity contribution < 1.29 is 9.72 Å². The van der Waals surface area contributed by atoms with Gasteiger partial charge in [-0.1, -0.05) is 19.1 Å². The fourth-order valence-corrected chi connectivity index (χ4v) is 3.12. The molecular weight excluding hydrogens is 328 g/mol. The SMILES string of the molecule is CC[C@@H](NC(=O)NCCc1ccc([N+](=O)[O-])cc1)c1nc(C)cs1. The molecule has 1 aromatic carbocycles. The van der Waals surface area contributed by atoms with E-state index in [-0.39, 0.29) is 17.8 Å². The summed E-state index contributed by atoms with van der Waals surface area (Å²) in [6.07, 6.45) is 1.38. The van der Waals surface area contributed by atoms with Gasteiger partial charge in [-0.15, -0.1) is 11.3 Å². The van der Waals surface area contributed by atoms with E-state index >= 15 is 0 Å². The van der Waals surface area contributed by atoms with Gasteiger partial charge >= 0.3 is 6.03 Å². The zero-order valence-corrected chi connectivity index (χ0v) is 14.4. The zero-order valence-electron chi connectivity index (χ0n) is 13.6. The molecule has 0 aliphatic heterocycles. The van der Waals surface area contributed by atoms with Crippen molar-refractivity contribution in [3.8, 4) is 0 Å². The van der Waals surface area contributed by atoms with Crippen LogP contribution in [0, 0.1) is 17.0 Å². The average Bonchev–Trinajstić information content (AvgIpc) is 2.99. The molecule has 1 aromatic heterocycles. The molecule has 128 valence electrons. The highest BCUT2D eigenvalue weighted by Crippen LogP contribution is 2.20. The zero-order chi connectivity index (χ0) is 17.5. The highest BCUT2D eigenvalue weighted by molar-refractivity contribution is 7.09. The monoisotopic (exact) mass is 348 g/mol. The van der Waals surface area contributed by atoms with Crippen LogP contribution in [0.2, 0.25) is 0 Å². The third-order valence-electron chi connectivity index (χ3n) is 3.49. The number of amides is 2. The molecule has 1 atom stereocenters. The molecule has 0 aliphatic rings. The molecule has 0 spiro atoms. The summed E-state index contributed by atoms with van der Waals surface area (Å²) >= 11 is 1.54. The van der Waals surface area contributed by atoms with Gasteiger partial charge in [0.05, 0.1) is 11.0 Å². The van der Waals surface area contributed by atoms with Crippen molar-refractivity contribution in [1.29, 1.82) is 0 Å². The number of nitrogens with one attached hydrogen (secondary N) is 2. The first-order chi connectivity index (χ1) is 11.5. The van der Waals surface area contributed by atoms with E-state index in [0.29, 0.717) is 13.0 Å². The van der Waals surface area contributed by atoms with Crippen molar-refractivity contribution in [2.24, 2.45) is 0 Å². The maximum absolute atomic E-state index is 12.0. The van der Waals surface area contributed by atoms with Crippen LogP contribution in [-0.2, 0) is 6.42 Å². The van der Waals surface area contributed by atoms with E-state index in [1.54, 1.807) is 12.1 Å². The molecular formula is C16H20N4O3S. The lowest BCUT2D eigenvalue weighted by molar-refractivity contribution is -0.384. The Bertz CT molecular complexity index is 700. The number of aromatic nitrogens is 1. The van der Waals surface area contributed by atoms with E-state index in [1.807, 2.05) is 19.2 Å². The topological polar surface area (TPSA) is 97.2 Å². The van der Waals surface area contributed by atoms with E-state index in [4.69, 9.17) is 0 Å². The van der Waals surface area contributed by atoms with Crippen LogP contribution < -0.4 is 10.6 Å². The average molecular weight is 348 g/mol. The summed E-state index contributed by atoms with van der Waals surface area (Å²) < 4.78 is 0. The number of urea groups is 1. The minimum atomic E-state index is -0.430. The number of aryl methyl sites for hydroxylation is 1. The smallest absolute Gasteiger partial charge is 0.315 e. The summed E-state index contributed by atoms with van der Waals surface area (Å²) in [7, 11) is 0. The van der Waals surface area contributed by atoms with Gasteiger partial charge in [0.1, 0.15) is 5.01 Å². The highest BCUT2D eigenvalue weighted by Gasteiger charge is 2.15. The molecule has 2 amide bonds. The molecule has 1 heterocycles. The van der Waals surface area contributed by atoms with E-state index in [2.05, 4.69) is 15.6 Å². The van der Waals surface area contributed by atoms with Gasteiger partial charge in [0.25, 0.3) is 5.69 Å². The third-order valence-corrected chi connectivity index (χ3v) is 4.57. The number of nitrogens with zero attached hydrogens (tertiary/aromatic N) is 2. The Morgan fingerprint density at radius 1 is 1.38 bits per heavy atom. The number of benzene rings is 1. The number of thiazole rings is 1. The van der Waals surface area contributed by atoms with Crippen LogP contribution in [-0.4, -0.2) is 22.5 Å². The van der Waals surface area contributed by atoms with Gasteiger partial charge < -0.3 is 10.6 Å². The van der Waals surface area contributed by atoms with E-state index in [1.165, 1.54) is 23.5 Å². The number of rotatable bonds is 7. The number of hydrogen-bond donors (Lipinski definition) is 2. The minimum absolute atomic E-state index is 0.0639. The molecule has 0 unspecified atom stereocenters. The highest BCUT2D eigenvalue weighted by atomic mass is 32.1. The summed E-state index contributed by atoms with van der Waals surface area (Å²) in [5.41, 5.74) is 1.95. The summed E-state index contributed by atoms with van der Waals surface area (Å²) in [6, 6.07) is 6.00. The summed E-state index contributed by atoms with van der Waals surface area (Å²) in [6.45, 7) is 4.38. The number of nitro groups is 1. The Balaban J connectivity index is 1.79. The molecule has 24 heavy (non-hydrogen) atoms. The van der Waals surface area contributed by atoms with Crippen LogP contribution in [0.3, 0.4) is 0 Å². The molecule has 0 bridgehead atoms. The lowest BCUT2D eigenvalue weighted by Gasteiger charge is -2.15. The summed E-state index contributed by atoms with van der Waals surface area (Å²) in [4.78, 5) is 26.6. The second-order valence-corrected chi connectivity index (χ2v) is 6.25. The first kappa shape index (κ1) is 17.9. The summed E-state index contributed by atoms with van der Waals surface area (Å²) in [5, 5.41) is 19.2. The fraction of sp³-hybridized carbons (Fsp3) is 0.375. The predicted molar refractivity (Wildman–Crippen MR) is 93.2 cm³/mol. The number of carbonyl (C=O) groups excluding carboxylic acids is 1. The number of carbonyl (C=O) groups is 1. The van der Waals surface area contributed by atoms with Gasteiger partial charge in [-0.2, -0.15) is 0 Å². The van der Waals surface area contributed by atoms with E-state index in [0.717, 1.165) is 22.7 Å². The Morgan fingerprint density at radius 2 is 2.08 bits per heavy atom. The predicted octanol–water partition coefficient (Wildman–Crippen LogP) is 3.35. The maximum atomic E-state index is 12.0. The third kappa shape index (κ3) is 5.02. The van der Waals surface area contributed by atoms with Crippen molar-refractivity contribution in [1.82, 2.24) is 15.6 Å². The molecule has 0 saturated carbocycles. The molecule has 0 radical (unpaired) electrons. The Morgan fingerprint density at radius 3 is 2.62 bits per heavy atom. The first-order valence-corrected chi connectivity index (χ1v) is 8.57. The fourth-order valence-electron chi connectivity index (χ4n) is 2.18. The minimum Gasteiger partial charge on any atom is -0.338 e. The van der Waals surface area contributed by atoms with Gasteiger partial charge in [0, 0.05) is 29.8 Å². The normalized spacial score (nSPS) is 11.8. The standard InChI is InChI=1S/C16H20N4O3S/c1-3-14(15-18-11(2)10-24-15)19-16(21)17-9-8-12-4-6-13(7-5-12)20(22)23/h4-7,10,14H,3,8-9H2,1-2H3,(H2,17,19,21)/t14-/m1/s1. The van der Waals surface area contributed by atoms with Crippen molar-refractivity contribution >= 4 is 23.1 Å². The van der Waals surface area contributed by atoms with Crippen LogP contribution in [0.1, 0.15) is 35.7 Å². The van der Waals surface area contributed by atoms with Crippen molar-refractivity contribution in [3.05, 3.63) is 56.0 Å². The second-order valence-electron chi connectivity index (χ2n) is 5.36. The van der Waals surface area contributed by atoms with Crippen molar-refractivity contribution in [3.63, 3.8) is 0 Å². The van der Waals surface area contributed by atoms with Crippen molar-refractivity contribution in [2.45, 2.75) is 32.7 Å². The molecule has 2 rings (SSSR count). The van der Waals surface area contributed by atoms with Crippen LogP contribution in [0.5, 0.6) is 0 Å². The number of non-ortho nitro benzene ring substituents is 1. The number of hydrogen-bond acceptors (Lipinski definition) is 5. The first-order valence-electron chi connectivity index (χ1n) is 7.69. The van der Waals surface area contributed by atoms with E-state index in [9.17, 15) is 14.9 Å². The Labute approximate surface area is 144 Å². The largest absolute Gasteiger partial charge is 0.338 e. The van der Waals surface area contributed by atoms with Gasteiger partial charge in [0.15, 0.2) is 0 Å². The van der Waals surface area contributed by atoms with Crippen LogP contribution in [0.4, 0.5) is 10.5 Å². The van der Waals surface area contributed by atoms with Gasteiger partial charge in [-0.05, 0) is 25.3 Å². The van der Waals surface area contributed by atoms with Crippen LogP contribution >= 0.6 is 11.3 Å². The van der Waals surface area contributed by atoms with Gasteiger partial charge in [-0.3, -0.25) is 10.1 Å². The van der Waals surface area contributed by atoms with Gasteiger partial charge in [0.2, 0.25) is 0 Å². The molecule has 2 N–H and O–H groups in total. The Hall–Kier alpha value is -2.48. The Kier molecular flexibility index (Phi) is 6.25. The lowest BCUT2D eigenvalue weighted by atomic mass is 10.1. The molecule has 8 heteroatoms. The molecule has 0 fully saturated rings. The van der Waals surface area contributed by atoms with Crippen LogP contribution in [0.15, 0.2) is 29.6 Å². The van der Waals surface area contributed by atoms with Gasteiger partial charge in [-0.25, -0.2) is 9.78 Å².